The molecule has 6 heteroatoms. The van der Waals surface area contributed by atoms with Crippen LogP contribution < -0.4 is 14.8 Å². The first-order valence-electron chi connectivity index (χ1n) is 10.3. The van der Waals surface area contributed by atoms with Crippen molar-refractivity contribution in [3.63, 3.8) is 0 Å². The Bertz CT molecular complexity index is 891. The number of benzene rings is 2. The van der Waals surface area contributed by atoms with Gasteiger partial charge in [-0.1, -0.05) is 32.0 Å². The van der Waals surface area contributed by atoms with E-state index in [-0.39, 0.29) is 11.8 Å². The van der Waals surface area contributed by atoms with Crippen LogP contribution in [0.2, 0.25) is 0 Å². The molecule has 0 bridgehead atoms. The van der Waals surface area contributed by atoms with Gasteiger partial charge < -0.3 is 19.5 Å². The lowest BCUT2D eigenvalue weighted by Crippen LogP contribution is -2.30. The fraction of sp³-hybridized carbons (Fsp3) is 0.417. The van der Waals surface area contributed by atoms with E-state index in [4.69, 9.17) is 14.2 Å². The second kappa shape index (κ2) is 10.7. The van der Waals surface area contributed by atoms with Gasteiger partial charge in [0.2, 0.25) is 0 Å². The fourth-order valence-corrected chi connectivity index (χ4v) is 3.03. The number of anilines is 1. The Hall–Kier alpha value is -3.02. The van der Waals surface area contributed by atoms with Crippen LogP contribution in [0.1, 0.15) is 62.0 Å². The average molecular weight is 414 g/mol. The quantitative estimate of drug-likeness (QED) is 0.579. The normalized spacial score (nSPS) is 11.7. The molecule has 1 amide bonds. The largest absolute Gasteiger partial charge is 0.490 e. The van der Waals surface area contributed by atoms with Gasteiger partial charge >= 0.3 is 5.97 Å². The van der Waals surface area contributed by atoms with E-state index in [9.17, 15) is 9.59 Å². The van der Waals surface area contributed by atoms with Crippen LogP contribution in [-0.2, 0) is 9.53 Å². The molecule has 0 aliphatic heterocycles. The van der Waals surface area contributed by atoms with E-state index in [0.717, 1.165) is 16.8 Å². The van der Waals surface area contributed by atoms with E-state index >= 15 is 0 Å². The predicted octanol–water partition coefficient (Wildman–Crippen LogP) is 5.10. The Morgan fingerprint density at radius 3 is 2.27 bits per heavy atom. The van der Waals surface area contributed by atoms with E-state index in [1.165, 1.54) is 0 Å². The molecule has 0 heterocycles. The second-order valence-electron chi connectivity index (χ2n) is 7.26. The molecule has 162 valence electrons. The summed E-state index contributed by atoms with van der Waals surface area (Å²) in [6.07, 6.45) is -0.959. The van der Waals surface area contributed by atoms with Gasteiger partial charge in [-0.2, -0.15) is 0 Å². The molecule has 2 aromatic rings. The summed E-state index contributed by atoms with van der Waals surface area (Å²) in [4.78, 5) is 25.3. The molecule has 0 unspecified atom stereocenters. The van der Waals surface area contributed by atoms with Crippen LogP contribution in [0, 0.1) is 6.92 Å². The van der Waals surface area contributed by atoms with Crippen molar-refractivity contribution in [1.29, 1.82) is 0 Å². The average Bonchev–Trinajstić information content (AvgIpc) is 2.70. The molecule has 1 N–H and O–H groups in total. The zero-order chi connectivity index (χ0) is 22.3. The molecule has 0 saturated carbocycles. The number of rotatable bonds is 9. The lowest BCUT2D eigenvalue weighted by Gasteiger charge is -2.19. The zero-order valence-electron chi connectivity index (χ0n) is 18.6. The van der Waals surface area contributed by atoms with Crippen LogP contribution in [0.25, 0.3) is 0 Å². The van der Waals surface area contributed by atoms with Gasteiger partial charge in [-0.15, -0.1) is 0 Å². The Morgan fingerprint density at radius 2 is 1.63 bits per heavy atom. The minimum atomic E-state index is -0.959. The zero-order valence-corrected chi connectivity index (χ0v) is 18.6. The minimum absolute atomic E-state index is 0.249. The van der Waals surface area contributed by atoms with Gasteiger partial charge in [0.15, 0.2) is 17.6 Å². The SMILES string of the molecule is CCOc1ccc(C(=O)O[C@@H](C)C(=O)Nc2c(C)cccc2C(C)C)cc1OCC. The van der Waals surface area contributed by atoms with E-state index in [1.807, 2.05) is 39.0 Å². The Morgan fingerprint density at radius 1 is 0.967 bits per heavy atom. The summed E-state index contributed by atoms with van der Waals surface area (Å²) < 4.78 is 16.5. The second-order valence-corrected chi connectivity index (χ2v) is 7.26. The first-order valence-corrected chi connectivity index (χ1v) is 10.3. The molecule has 0 aliphatic carbocycles. The number of carbonyl (C=O) groups is 2. The lowest BCUT2D eigenvalue weighted by atomic mass is 9.98. The molecule has 0 spiro atoms. The predicted molar refractivity (Wildman–Crippen MR) is 118 cm³/mol. The summed E-state index contributed by atoms with van der Waals surface area (Å²) in [5, 5.41) is 2.91. The molecule has 0 aromatic heterocycles. The highest BCUT2D eigenvalue weighted by atomic mass is 16.5. The number of para-hydroxylation sites is 1. The summed E-state index contributed by atoms with van der Waals surface area (Å²) in [6.45, 7) is 12.3. The van der Waals surface area contributed by atoms with Crippen molar-refractivity contribution in [3.8, 4) is 11.5 Å². The van der Waals surface area contributed by atoms with E-state index < -0.39 is 12.1 Å². The van der Waals surface area contributed by atoms with Gasteiger partial charge in [0.05, 0.1) is 18.8 Å². The molecular formula is C24H31NO5. The third kappa shape index (κ3) is 5.75. The summed E-state index contributed by atoms with van der Waals surface area (Å²) in [5.41, 5.74) is 3.05. The lowest BCUT2D eigenvalue weighted by molar-refractivity contribution is -0.123. The van der Waals surface area contributed by atoms with E-state index in [1.54, 1.807) is 25.1 Å². The number of amides is 1. The van der Waals surface area contributed by atoms with Crippen LogP contribution in [-0.4, -0.2) is 31.2 Å². The van der Waals surface area contributed by atoms with Crippen LogP contribution in [0.3, 0.4) is 0 Å². The standard InChI is InChI=1S/C24H31NO5/c1-7-28-20-13-12-18(14-21(20)29-8-2)24(27)30-17(6)23(26)25-22-16(5)10-9-11-19(22)15(3)4/h9-15,17H,7-8H2,1-6H3,(H,25,26)/t17-/m0/s1. The molecule has 0 radical (unpaired) electrons. The van der Waals surface area contributed by atoms with Crippen LogP contribution >= 0.6 is 0 Å². The topological polar surface area (TPSA) is 73.9 Å². The molecule has 6 nitrogen and oxygen atoms in total. The molecule has 30 heavy (non-hydrogen) atoms. The van der Waals surface area contributed by atoms with Crippen molar-refractivity contribution in [2.24, 2.45) is 0 Å². The van der Waals surface area contributed by atoms with Crippen molar-refractivity contribution >= 4 is 17.6 Å². The van der Waals surface area contributed by atoms with Gasteiger partial charge in [0.25, 0.3) is 5.91 Å². The van der Waals surface area contributed by atoms with Crippen molar-refractivity contribution in [1.82, 2.24) is 0 Å². The van der Waals surface area contributed by atoms with Crippen molar-refractivity contribution in [3.05, 3.63) is 53.1 Å². The van der Waals surface area contributed by atoms with Crippen LogP contribution in [0.15, 0.2) is 36.4 Å². The number of esters is 1. The highest BCUT2D eigenvalue weighted by Gasteiger charge is 2.22. The first-order chi connectivity index (χ1) is 14.3. The van der Waals surface area contributed by atoms with Gasteiger partial charge in [-0.25, -0.2) is 4.79 Å². The molecule has 2 rings (SSSR count). The maximum Gasteiger partial charge on any atom is 0.339 e. The highest BCUT2D eigenvalue weighted by Crippen LogP contribution is 2.30. The van der Waals surface area contributed by atoms with Crippen LogP contribution in [0.4, 0.5) is 5.69 Å². The highest BCUT2D eigenvalue weighted by molar-refractivity contribution is 5.98. The molecule has 0 fully saturated rings. The summed E-state index contributed by atoms with van der Waals surface area (Å²) in [6, 6.07) is 10.7. The number of aryl methyl sites for hydroxylation is 1. The maximum absolute atomic E-state index is 12.7. The van der Waals surface area contributed by atoms with Crippen molar-refractivity contribution in [2.45, 2.75) is 53.6 Å². The number of nitrogens with one attached hydrogen (secondary N) is 1. The van der Waals surface area contributed by atoms with Crippen LogP contribution in [0.5, 0.6) is 11.5 Å². The number of hydrogen-bond donors (Lipinski definition) is 1. The summed E-state index contributed by atoms with van der Waals surface area (Å²) in [5.74, 6) is 0.291. The van der Waals surface area contributed by atoms with Gasteiger partial charge in [-0.05, 0) is 62.9 Å². The molecule has 0 aliphatic rings. The van der Waals surface area contributed by atoms with E-state index in [0.29, 0.717) is 30.3 Å². The van der Waals surface area contributed by atoms with Gasteiger partial charge in [-0.3, -0.25) is 4.79 Å². The summed E-state index contributed by atoms with van der Waals surface area (Å²) in [7, 11) is 0. The number of carbonyl (C=O) groups excluding carboxylic acids is 2. The maximum atomic E-state index is 12.7. The third-order valence-electron chi connectivity index (χ3n) is 4.61. The first kappa shape index (κ1) is 23.3. The molecule has 2 aromatic carbocycles. The molecule has 1 atom stereocenters. The van der Waals surface area contributed by atoms with Gasteiger partial charge in [0.1, 0.15) is 0 Å². The van der Waals surface area contributed by atoms with E-state index in [2.05, 4.69) is 19.2 Å². The smallest absolute Gasteiger partial charge is 0.339 e. The Labute approximate surface area is 178 Å². The Kier molecular flexibility index (Phi) is 8.27. The summed E-state index contributed by atoms with van der Waals surface area (Å²) >= 11 is 0. The Balaban J connectivity index is 2.12. The van der Waals surface area contributed by atoms with Crippen molar-refractivity contribution in [2.75, 3.05) is 18.5 Å². The monoisotopic (exact) mass is 413 g/mol. The number of ether oxygens (including phenoxy) is 3. The minimum Gasteiger partial charge on any atom is -0.490 e. The fourth-order valence-electron chi connectivity index (χ4n) is 3.03. The molecular weight excluding hydrogens is 382 g/mol. The number of hydrogen-bond acceptors (Lipinski definition) is 5. The third-order valence-corrected chi connectivity index (χ3v) is 4.61. The van der Waals surface area contributed by atoms with Gasteiger partial charge in [0, 0.05) is 5.69 Å². The van der Waals surface area contributed by atoms with Crippen molar-refractivity contribution < 1.29 is 23.8 Å². The molecule has 0 saturated heterocycles.